The molecule has 0 aliphatic heterocycles. The Balaban J connectivity index is 1.30. The molecule has 0 spiro atoms. The highest BCUT2D eigenvalue weighted by Crippen LogP contribution is 2.34. The molecule has 0 saturated heterocycles. The second kappa shape index (κ2) is 6.62. The van der Waals surface area contributed by atoms with Gasteiger partial charge in [-0.2, -0.15) is 0 Å². The molecule has 4 nitrogen and oxygen atoms in total. The summed E-state index contributed by atoms with van der Waals surface area (Å²) in [4.78, 5) is 19.5. The lowest BCUT2D eigenvalue weighted by Gasteiger charge is -2.24. The highest BCUT2D eigenvalue weighted by Gasteiger charge is 2.25. The maximum Gasteiger partial charge on any atom is 0.220 e. The predicted octanol–water partition coefficient (Wildman–Crippen LogP) is 4.78. The first-order chi connectivity index (χ1) is 13.3. The summed E-state index contributed by atoms with van der Waals surface area (Å²) in [7, 11) is 0. The zero-order valence-corrected chi connectivity index (χ0v) is 15.2. The third kappa shape index (κ3) is 2.91. The maximum atomic E-state index is 12.6. The number of rotatable bonds is 4. The number of carbonyl (C=O) groups excluding carboxylic acids is 1. The number of hydrogen-bond donors (Lipinski definition) is 3. The van der Waals surface area contributed by atoms with Gasteiger partial charge in [-0.3, -0.25) is 4.79 Å². The van der Waals surface area contributed by atoms with Gasteiger partial charge in [-0.15, -0.1) is 0 Å². The summed E-state index contributed by atoms with van der Waals surface area (Å²) in [5, 5.41) is 5.77. The smallest absolute Gasteiger partial charge is 0.220 e. The van der Waals surface area contributed by atoms with Gasteiger partial charge in [-0.1, -0.05) is 36.4 Å². The number of nitrogens with one attached hydrogen (secondary N) is 3. The van der Waals surface area contributed by atoms with Crippen molar-refractivity contribution in [3.8, 4) is 0 Å². The van der Waals surface area contributed by atoms with Crippen LogP contribution < -0.4 is 5.32 Å². The number of aryl methyl sites for hydroxylation is 2. The molecule has 27 heavy (non-hydrogen) atoms. The fourth-order valence-electron chi connectivity index (χ4n) is 4.41. The monoisotopic (exact) mass is 357 g/mol. The van der Waals surface area contributed by atoms with Crippen LogP contribution in [0, 0.1) is 0 Å². The van der Waals surface area contributed by atoms with Crippen molar-refractivity contribution in [3.05, 3.63) is 71.5 Å². The van der Waals surface area contributed by atoms with Crippen LogP contribution in [0.2, 0.25) is 0 Å². The summed E-state index contributed by atoms with van der Waals surface area (Å²) in [6.07, 6.45) is 6.48. The Hall–Kier alpha value is -3.01. The molecule has 5 rings (SSSR count). The highest BCUT2D eigenvalue weighted by atomic mass is 16.1. The van der Waals surface area contributed by atoms with Gasteiger partial charge in [0.25, 0.3) is 0 Å². The van der Waals surface area contributed by atoms with Gasteiger partial charge in [0, 0.05) is 40.1 Å². The number of carbonyl (C=O) groups is 1. The molecular weight excluding hydrogens is 334 g/mol. The minimum Gasteiger partial charge on any atom is -0.361 e. The number of fused-ring (bicyclic) bond motifs is 4. The fraction of sp³-hybridized carbons (Fsp3) is 0.261. The van der Waals surface area contributed by atoms with Gasteiger partial charge in [-0.25, -0.2) is 0 Å². The van der Waals surface area contributed by atoms with Crippen molar-refractivity contribution in [2.24, 2.45) is 0 Å². The zero-order chi connectivity index (χ0) is 18.2. The van der Waals surface area contributed by atoms with Gasteiger partial charge >= 0.3 is 0 Å². The first-order valence-corrected chi connectivity index (χ1v) is 9.73. The van der Waals surface area contributed by atoms with E-state index in [1.165, 1.54) is 33.1 Å². The minimum atomic E-state index is 0.0941. The van der Waals surface area contributed by atoms with E-state index in [4.69, 9.17) is 0 Å². The summed E-state index contributed by atoms with van der Waals surface area (Å²) >= 11 is 0. The molecule has 0 saturated carbocycles. The van der Waals surface area contributed by atoms with Gasteiger partial charge in [0.05, 0.1) is 6.04 Å². The number of amides is 1. The third-order valence-electron chi connectivity index (χ3n) is 5.75. The molecule has 2 aromatic carbocycles. The predicted molar refractivity (Wildman–Crippen MR) is 109 cm³/mol. The van der Waals surface area contributed by atoms with Crippen LogP contribution in [0.25, 0.3) is 21.8 Å². The topological polar surface area (TPSA) is 60.7 Å². The molecule has 1 atom stereocenters. The van der Waals surface area contributed by atoms with Crippen molar-refractivity contribution >= 4 is 27.7 Å². The van der Waals surface area contributed by atoms with Crippen LogP contribution in [0.4, 0.5) is 0 Å². The summed E-state index contributed by atoms with van der Waals surface area (Å²) in [5.74, 6) is 0.122. The van der Waals surface area contributed by atoms with Crippen molar-refractivity contribution in [2.45, 2.75) is 38.1 Å². The van der Waals surface area contributed by atoms with Gasteiger partial charge in [0.1, 0.15) is 0 Å². The molecule has 0 fully saturated rings. The van der Waals surface area contributed by atoms with Crippen LogP contribution >= 0.6 is 0 Å². The SMILES string of the molecule is O=C(CCc1c[nH]c2ccccc12)NC1CCCc2c1[nH]c1ccccc21. The Morgan fingerprint density at radius 2 is 1.81 bits per heavy atom. The van der Waals surface area contributed by atoms with E-state index in [0.29, 0.717) is 6.42 Å². The second-order valence-electron chi connectivity index (χ2n) is 7.43. The van der Waals surface area contributed by atoms with Crippen LogP contribution in [0.3, 0.4) is 0 Å². The molecule has 4 aromatic rings. The number of H-pyrrole nitrogens is 2. The molecule has 2 heterocycles. The molecule has 1 unspecified atom stereocenters. The summed E-state index contributed by atoms with van der Waals surface area (Å²) in [6, 6.07) is 16.8. The van der Waals surface area contributed by atoms with Crippen LogP contribution in [-0.4, -0.2) is 15.9 Å². The second-order valence-corrected chi connectivity index (χ2v) is 7.43. The van der Waals surface area contributed by atoms with Crippen molar-refractivity contribution in [1.29, 1.82) is 0 Å². The van der Waals surface area contributed by atoms with Crippen LogP contribution in [0.1, 0.15) is 42.1 Å². The Morgan fingerprint density at radius 1 is 1.04 bits per heavy atom. The molecule has 136 valence electrons. The van der Waals surface area contributed by atoms with E-state index in [9.17, 15) is 4.79 Å². The third-order valence-corrected chi connectivity index (χ3v) is 5.75. The zero-order valence-electron chi connectivity index (χ0n) is 15.2. The van der Waals surface area contributed by atoms with Crippen molar-refractivity contribution in [3.63, 3.8) is 0 Å². The summed E-state index contributed by atoms with van der Waals surface area (Å²) in [6.45, 7) is 0. The number of benzene rings is 2. The standard InChI is InChI=1S/C23H23N3O/c27-22(13-12-15-14-24-19-9-3-1-6-16(15)19)25-21-11-5-8-18-17-7-2-4-10-20(17)26-23(18)21/h1-4,6-7,9-10,14,21,24,26H,5,8,11-13H2,(H,25,27). The van der Waals surface area contributed by atoms with E-state index in [1.54, 1.807) is 0 Å². The fourth-order valence-corrected chi connectivity index (χ4v) is 4.41. The lowest BCUT2D eigenvalue weighted by molar-refractivity contribution is -0.121. The van der Waals surface area contributed by atoms with Crippen molar-refractivity contribution in [2.75, 3.05) is 0 Å². The molecule has 1 aliphatic rings. The molecule has 0 bridgehead atoms. The highest BCUT2D eigenvalue weighted by molar-refractivity contribution is 5.86. The molecule has 4 heteroatoms. The number of hydrogen-bond acceptors (Lipinski definition) is 1. The Labute approximate surface area is 158 Å². The quantitative estimate of drug-likeness (QED) is 0.484. The maximum absolute atomic E-state index is 12.6. The molecule has 3 N–H and O–H groups in total. The number of para-hydroxylation sites is 2. The van der Waals surface area contributed by atoms with E-state index in [2.05, 4.69) is 51.7 Å². The number of aromatic amines is 2. The van der Waals surface area contributed by atoms with Gasteiger partial charge in [0.2, 0.25) is 5.91 Å². The van der Waals surface area contributed by atoms with E-state index < -0.39 is 0 Å². The Bertz CT molecular complexity index is 1120. The number of aromatic nitrogens is 2. The first-order valence-electron chi connectivity index (χ1n) is 9.73. The average Bonchev–Trinajstić information content (AvgIpc) is 3.28. The lowest BCUT2D eigenvalue weighted by Crippen LogP contribution is -2.31. The van der Waals surface area contributed by atoms with E-state index in [1.807, 2.05) is 18.3 Å². The Morgan fingerprint density at radius 3 is 2.70 bits per heavy atom. The van der Waals surface area contributed by atoms with Gasteiger partial charge in [-0.05, 0) is 48.9 Å². The molecule has 0 radical (unpaired) electrons. The molecule has 1 aliphatic carbocycles. The van der Waals surface area contributed by atoms with Gasteiger partial charge in [0.15, 0.2) is 0 Å². The van der Waals surface area contributed by atoms with Crippen molar-refractivity contribution in [1.82, 2.24) is 15.3 Å². The van der Waals surface area contributed by atoms with Crippen molar-refractivity contribution < 1.29 is 4.79 Å². The van der Waals surface area contributed by atoms with E-state index in [0.717, 1.165) is 31.2 Å². The van der Waals surface area contributed by atoms with Crippen LogP contribution in [0.5, 0.6) is 0 Å². The summed E-state index contributed by atoms with van der Waals surface area (Å²) < 4.78 is 0. The first kappa shape index (κ1) is 16.2. The molecular formula is C23H23N3O. The normalized spacial score (nSPS) is 16.5. The van der Waals surface area contributed by atoms with Crippen LogP contribution in [-0.2, 0) is 17.6 Å². The summed E-state index contributed by atoms with van der Waals surface area (Å²) in [5.41, 5.74) is 6.07. The van der Waals surface area contributed by atoms with Gasteiger partial charge < -0.3 is 15.3 Å². The molecule has 2 aromatic heterocycles. The van der Waals surface area contributed by atoms with Crippen LogP contribution in [0.15, 0.2) is 54.7 Å². The largest absolute Gasteiger partial charge is 0.361 e. The Kier molecular flexibility index (Phi) is 3.97. The minimum absolute atomic E-state index is 0.0941. The van der Waals surface area contributed by atoms with E-state index >= 15 is 0 Å². The van der Waals surface area contributed by atoms with E-state index in [-0.39, 0.29) is 11.9 Å². The average molecular weight is 357 g/mol. The lowest BCUT2D eigenvalue weighted by atomic mass is 9.91. The molecule has 1 amide bonds.